The maximum absolute atomic E-state index is 12.4. The molecule has 2 aliphatic heterocycles. The number of fused-ring (bicyclic) bond motifs is 1. The van der Waals surface area contributed by atoms with E-state index in [1.165, 1.54) is 0 Å². The molecule has 1 aromatic heterocycles. The Morgan fingerprint density at radius 1 is 1.38 bits per heavy atom. The summed E-state index contributed by atoms with van der Waals surface area (Å²) in [7, 11) is 0. The summed E-state index contributed by atoms with van der Waals surface area (Å²) >= 11 is 0. The van der Waals surface area contributed by atoms with Gasteiger partial charge >= 0.3 is 0 Å². The third-order valence-corrected chi connectivity index (χ3v) is 5.83. The molecule has 0 aromatic carbocycles. The number of nitrogens with zero attached hydrogens (tertiary/aromatic N) is 2. The first-order valence-electron chi connectivity index (χ1n) is 9.09. The lowest BCUT2D eigenvalue weighted by atomic mass is 9.91. The van der Waals surface area contributed by atoms with Gasteiger partial charge in [-0.2, -0.15) is 0 Å². The monoisotopic (exact) mass is 330 g/mol. The maximum Gasteiger partial charge on any atom is 0.226 e. The molecule has 2 unspecified atom stereocenters. The summed E-state index contributed by atoms with van der Waals surface area (Å²) in [6.07, 6.45) is 5.90. The van der Waals surface area contributed by atoms with Gasteiger partial charge < -0.3 is 14.4 Å². The van der Waals surface area contributed by atoms with Crippen LogP contribution in [0, 0.1) is 23.7 Å². The molecule has 5 nitrogen and oxygen atoms in total. The van der Waals surface area contributed by atoms with Crippen molar-refractivity contribution in [1.29, 1.82) is 0 Å². The molecule has 0 bridgehead atoms. The average Bonchev–Trinajstić information content (AvgIpc) is 3.02. The van der Waals surface area contributed by atoms with Crippen LogP contribution in [0.4, 0.5) is 0 Å². The first-order chi connectivity index (χ1) is 11.7. The number of carbonyl (C=O) groups excluding carboxylic acids is 1. The first kappa shape index (κ1) is 16.0. The van der Waals surface area contributed by atoms with Crippen molar-refractivity contribution in [2.75, 3.05) is 26.3 Å². The molecule has 2 saturated heterocycles. The number of pyridine rings is 1. The number of carbonyl (C=O) groups is 1. The van der Waals surface area contributed by atoms with Gasteiger partial charge in [0, 0.05) is 43.9 Å². The van der Waals surface area contributed by atoms with Gasteiger partial charge in [-0.05, 0) is 42.4 Å². The van der Waals surface area contributed by atoms with Gasteiger partial charge in [-0.15, -0.1) is 0 Å². The number of likely N-dealkylation sites (tertiary alicyclic amines) is 1. The molecule has 1 aliphatic carbocycles. The van der Waals surface area contributed by atoms with Crippen LogP contribution in [0.25, 0.3) is 0 Å². The maximum atomic E-state index is 12.4. The first-order valence-corrected chi connectivity index (χ1v) is 9.09. The summed E-state index contributed by atoms with van der Waals surface area (Å²) in [5.74, 6) is 2.23. The SMILES string of the molecule is CC1CC1C(=O)N1C[C@H]2[C@@H](CCOCc3ccncc3)CO[C@H]2C1. The zero-order valence-corrected chi connectivity index (χ0v) is 14.3. The second-order valence-corrected chi connectivity index (χ2v) is 7.56. The van der Waals surface area contributed by atoms with E-state index < -0.39 is 0 Å². The molecule has 0 spiro atoms. The van der Waals surface area contributed by atoms with Gasteiger partial charge in [0.15, 0.2) is 0 Å². The summed E-state index contributed by atoms with van der Waals surface area (Å²) < 4.78 is 11.8. The van der Waals surface area contributed by atoms with E-state index in [4.69, 9.17) is 9.47 Å². The fourth-order valence-corrected chi connectivity index (χ4v) is 4.08. The molecule has 1 amide bonds. The molecule has 5 atom stereocenters. The Hall–Kier alpha value is -1.46. The lowest BCUT2D eigenvalue weighted by molar-refractivity contribution is -0.132. The minimum atomic E-state index is 0.244. The highest BCUT2D eigenvalue weighted by Gasteiger charge is 2.49. The third kappa shape index (κ3) is 3.33. The summed E-state index contributed by atoms with van der Waals surface area (Å²) in [6.45, 7) is 6.03. The van der Waals surface area contributed by atoms with Crippen molar-refractivity contribution in [3.8, 4) is 0 Å². The van der Waals surface area contributed by atoms with Crippen LogP contribution >= 0.6 is 0 Å². The minimum Gasteiger partial charge on any atom is -0.377 e. The largest absolute Gasteiger partial charge is 0.377 e. The molecule has 1 aromatic rings. The zero-order valence-electron chi connectivity index (χ0n) is 14.3. The predicted molar refractivity (Wildman–Crippen MR) is 89.1 cm³/mol. The number of rotatable bonds is 6. The Morgan fingerprint density at radius 2 is 2.17 bits per heavy atom. The molecular formula is C19H26N2O3. The highest BCUT2D eigenvalue weighted by atomic mass is 16.5. The second kappa shape index (κ2) is 6.81. The van der Waals surface area contributed by atoms with Crippen molar-refractivity contribution in [2.24, 2.45) is 23.7 Å². The Balaban J connectivity index is 1.22. The smallest absolute Gasteiger partial charge is 0.226 e. The van der Waals surface area contributed by atoms with Gasteiger partial charge in [-0.3, -0.25) is 9.78 Å². The van der Waals surface area contributed by atoms with Crippen LogP contribution < -0.4 is 0 Å². The number of hydrogen-bond acceptors (Lipinski definition) is 4. The van der Waals surface area contributed by atoms with Crippen LogP contribution in [0.2, 0.25) is 0 Å². The van der Waals surface area contributed by atoms with E-state index in [-0.39, 0.29) is 12.0 Å². The summed E-state index contributed by atoms with van der Waals surface area (Å²) in [4.78, 5) is 18.5. The molecule has 3 heterocycles. The normalized spacial score (nSPS) is 34.4. The van der Waals surface area contributed by atoms with Crippen molar-refractivity contribution in [2.45, 2.75) is 32.5 Å². The molecule has 0 radical (unpaired) electrons. The Morgan fingerprint density at radius 3 is 2.92 bits per heavy atom. The number of amides is 1. The van der Waals surface area contributed by atoms with Crippen molar-refractivity contribution < 1.29 is 14.3 Å². The topological polar surface area (TPSA) is 51.7 Å². The lowest BCUT2D eigenvalue weighted by Gasteiger charge is -2.20. The Kier molecular flexibility index (Phi) is 4.55. The fourth-order valence-electron chi connectivity index (χ4n) is 4.08. The van der Waals surface area contributed by atoms with Crippen LogP contribution in [-0.2, 0) is 20.9 Å². The summed E-state index contributed by atoms with van der Waals surface area (Å²) in [6, 6.07) is 3.96. The number of hydrogen-bond donors (Lipinski definition) is 0. The molecule has 130 valence electrons. The van der Waals surface area contributed by atoms with E-state index in [0.29, 0.717) is 30.3 Å². The van der Waals surface area contributed by atoms with E-state index in [9.17, 15) is 4.79 Å². The Labute approximate surface area is 143 Å². The van der Waals surface area contributed by atoms with Crippen LogP contribution in [0.5, 0.6) is 0 Å². The molecule has 3 aliphatic rings. The van der Waals surface area contributed by atoms with Gasteiger partial charge in [-0.1, -0.05) is 6.92 Å². The Bertz CT molecular complexity index is 579. The molecule has 0 N–H and O–H groups in total. The lowest BCUT2D eigenvalue weighted by Crippen LogP contribution is -2.32. The van der Waals surface area contributed by atoms with Crippen LogP contribution in [0.1, 0.15) is 25.3 Å². The van der Waals surface area contributed by atoms with Gasteiger partial charge in [0.2, 0.25) is 5.91 Å². The standard InChI is InChI=1S/C19H26N2O3/c1-13-8-16(13)19(22)21-9-17-15(12-24-18(17)10-21)4-7-23-11-14-2-5-20-6-3-14/h2-3,5-6,13,15-18H,4,7-12H2,1H3/t13?,15-,16?,17-,18-/m0/s1. The highest BCUT2D eigenvalue weighted by Crippen LogP contribution is 2.42. The van der Waals surface area contributed by atoms with Gasteiger partial charge in [0.05, 0.1) is 19.3 Å². The van der Waals surface area contributed by atoms with Crippen LogP contribution in [0.3, 0.4) is 0 Å². The van der Waals surface area contributed by atoms with Crippen LogP contribution in [0.15, 0.2) is 24.5 Å². The highest BCUT2D eigenvalue weighted by molar-refractivity contribution is 5.82. The third-order valence-electron chi connectivity index (χ3n) is 5.83. The van der Waals surface area contributed by atoms with E-state index >= 15 is 0 Å². The number of ether oxygens (including phenoxy) is 2. The fraction of sp³-hybridized carbons (Fsp3) is 0.684. The molecule has 4 rings (SSSR count). The molecule has 24 heavy (non-hydrogen) atoms. The molecule has 5 heteroatoms. The molecule has 3 fully saturated rings. The minimum absolute atomic E-state index is 0.244. The summed E-state index contributed by atoms with van der Waals surface area (Å²) in [5, 5.41) is 0. The van der Waals surface area contributed by atoms with Crippen molar-refractivity contribution in [1.82, 2.24) is 9.88 Å². The quantitative estimate of drug-likeness (QED) is 0.750. The van der Waals surface area contributed by atoms with Crippen molar-refractivity contribution >= 4 is 5.91 Å². The number of aromatic nitrogens is 1. The predicted octanol–water partition coefficient (Wildman–Crippen LogP) is 2.12. The zero-order chi connectivity index (χ0) is 16.5. The van der Waals surface area contributed by atoms with E-state index in [0.717, 1.165) is 44.7 Å². The average molecular weight is 330 g/mol. The van der Waals surface area contributed by atoms with E-state index in [2.05, 4.69) is 11.9 Å². The van der Waals surface area contributed by atoms with Gasteiger partial charge in [-0.25, -0.2) is 0 Å². The van der Waals surface area contributed by atoms with Crippen LogP contribution in [-0.4, -0.2) is 48.2 Å². The molecule has 1 saturated carbocycles. The van der Waals surface area contributed by atoms with Crippen molar-refractivity contribution in [3.63, 3.8) is 0 Å². The molecular weight excluding hydrogens is 304 g/mol. The second-order valence-electron chi connectivity index (χ2n) is 7.56. The van der Waals surface area contributed by atoms with Crippen molar-refractivity contribution in [3.05, 3.63) is 30.1 Å². The van der Waals surface area contributed by atoms with E-state index in [1.54, 1.807) is 12.4 Å². The van der Waals surface area contributed by atoms with Gasteiger partial charge in [0.25, 0.3) is 0 Å². The van der Waals surface area contributed by atoms with Gasteiger partial charge in [0.1, 0.15) is 0 Å². The van der Waals surface area contributed by atoms with E-state index in [1.807, 2.05) is 17.0 Å². The summed E-state index contributed by atoms with van der Waals surface area (Å²) in [5.41, 5.74) is 1.15.